The Bertz CT molecular complexity index is 748. The number of benzene rings is 1. The predicted molar refractivity (Wildman–Crippen MR) is 91.3 cm³/mol. The van der Waals surface area contributed by atoms with Crippen molar-refractivity contribution in [2.24, 2.45) is 0 Å². The molecule has 1 heterocycles. The van der Waals surface area contributed by atoms with Gasteiger partial charge in [-0.2, -0.15) is 4.98 Å². The van der Waals surface area contributed by atoms with Crippen LogP contribution in [0.2, 0.25) is 0 Å². The minimum Gasteiger partial charge on any atom is -0.378 e. The molecule has 0 radical (unpaired) electrons. The lowest BCUT2D eigenvalue weighted by molar-refractivity contribution is -0.384. The van der Waals surface area contributed by atoms with Crippen molar-refractivity contribution in [3.8, 4) is 0 Å². The number of halogens is 1. The Labute approximate surface area is 141 Å². The number of nitrogen functional groups attached to an aromatic ring is 1. The van der Waals surface area contributed by atoms with Crippen molar-refractivity contribution in [2.45, 2.75) is 24.7 Å². The van der Waals surface area contributed by atoms with Crippen LogP contribution in [-0.4, -0.2) is 21.4 Å². The molecule has 3 rings (SSSR count). The van der Waals surface area contributed by atoms with Crippen LogP contribution in [0.1, 0.15) is 24.8 Å². The van der Waals surface area contributed by atoms with Gasteiger partial charge in [-0.25, -0.2) is 4.98 Å². The Balaban J connectivity index is 1.76. The maximum atomic E-state index is 10.7. The summed E-state index contributed by atoms with van der Waals surface area (Å²) in [5.74, 6) is 0.187. The van der Waals surface area contributed by atoms with E-state index in [2.05, 4.69) is 43.3 Å². The fraction of sp³-hybridized carbons (Fsp3) is 0.333. The lowest BCUT2D eigenvalue weighted by Crippen LogP contribution is -2.41. The summed E-state index contributed by atoms with van der Waals surface area (Å²) < 4.78 is 1.05. The molecule has 1 aromatic heterocycles. The van der Waals surface area contributed by atoms with E-state index >= 15 is 0 Å². The van der Waals surface area contributed by atoms with E-state index in [-0.39, 0.29) is 16.9 Å². The summed E-state index contributed by atoms with van der Waals surface area (Å²) in [5, 5.41) is 13.9. The van der Waals surface area contributed by atoms with Crippen LogP contribution in [0.25, 0.3) is 0 Å². The van der Waals surface area contributed by atoms with Gasteiger partial charge in [0.05, 0.1) is 4.92 Å². The fourth-order valence-corrected chi connectivity index (χ4v) is 3.25. The second kappa shape index (κ2) is 6.11. The van der Waals surface area contributed by atoms with Gasteiger partial charge in [-0.15, -0.1) is 0 Å². The molecule has 2 aromatic rings. The van der Waals surface area contributed by atoms with E-state index in [0.717, 1.165) is 23.5 Å². The minimum atomic E-state index is -0.589. The van der Waals surface area contributed by atoms with Gasteiger partial charge in [0, 0.05) is 16.4 Å². The standard InChI is InChI=1S/C15H16BrN5O2/c16-11-4-1-3-10(7-11)15(5-2-6-15)9-19-14-18-8-12(21(22)23)13(17)20-14/h1,3-4,7-8H,2,5-6,9H2,(H3,17,18,19,20). The van der Waals surface area contributed by atoms with E-state index in [1.54, 1.807) is 0 Å². The van der Waals surface area contributed by atoms with Crippen LogP contribution in [0, 0.1) is 10.1 Å². The van der Waals surface area contributed by atoms with E-state index in [4.69, 9.17) is 5.73 Å². The minimum absolute atomic E-state index is 0.0453. The Hall–Kier alpha value is -2.22. The van der Waals surface area contributed by atoms with Crippen molar-refractivity contribution in [2.75, 3.05) is 17.6 Å². The third-order valence-electron chi connectivity index (χ3n) is 4.33. The Morgan fingerprint density at radius 3 is 2.78 bits per heavy atom. The van der Waals surface area contributed by atoms with E-state index in [9.17, 15) is 10.1 Å². The highest BCUT2D eigenvalue weighted by Gasteiger charge is 2.38. The molecule has 0 unspecified atom stereocenters. The molecule has 1 aliphatic rings. The normalized spacial score (nSPS) is 15.7. The molecule has 23 heavy (non-hydrogen) atoms. The zero-order valence-electron chi connectivity index (χ0n) is 12.3. The zero-order chi connectivity index (χ0) is 16.4. The molecule has 1 saturated carbocycles. The molecule has 3 N–H and O–H groups in total. The van der Waals surface area contributed by atoms with Crippen molar-refractivity contribution >= 4 is 33.4 Å². The zero-order valence-corrected chi connectivity index (χ0v) is 13.9. The number of nitrogens with two attached hydrogens (primary N) is 1. The topological polar surface area (TPSA) is 107 Å². The van der Waals surface area contributed by atoms with E-state index < -0.39 is 4.92 Å². The molecule has 1 aliphatic carbocycles. The van der Waals surface area contributed by atoms with E-state index in [0.29, 0.717) is 12.5 Å². The van der Waals surface area contributed by atoms with Gasteiger partial charge in [-0.3, -0.25) is 10.1 Å². The molecule has 0 bridgehead atoms. The van der Waals surface area contributed by atoms with Gasteiger partial charge < -0.3 is 11.1 Å². The predicted octanol–water partition coefficient (Wildman–Crippen LogP) is 3.26. The third-order valence-corrected chi connectivity index (χ3v) is 4.82. The van der Waals surface area contributed by atoms with Crippen LogP contribution in [0.15, 0.2) is 34.9 Å². The summed E-state index contributed by atoms with van der Waals surface area (Å²) in [5.41, 5.74) is 6.63. The summed E-state index contributed by atoms with van der Waals surface area (Å²) in [6.07, 6.45) is 4.48. The average molecular weight is 378 g/mol. The Morgan fingerprint density at radius 1 is 1.43 bits per heavy atom. The number of hydrogen-bond acceptors (Lipinski definition) is 6. The number of nitrogens with zero attached hydrogens (tertiary/aromatic N) is 3. The van der Waals surface area contributed by atoms with Crippen LogP contribution in [0.5, 0.6) is 0 Å². The SMILES string of the molecule is Nc1nc(NCC2(c3cccc(Br)c3)CCC2)ncc1[N+](=O)[O-]. The smallest absolute Gasteiger partial charge is 0.329 e. The quantitative estimate of drug-likeness (QED) is 0.611. The Kier molecular flexibility index (Phi) is 4.16. The van der Waals surface area contributed by atoms with Crippen molar-refractivity contribution < 1.29 is 4.92 Å². The first-order valence-corrected chi connectivity index (χ1v) is 8.06. The summed E-state index contributed by atoms with van der Waals surface area (Å²) >= 11 is 3.51. The molecule has 0 spiro atoms. The second-order valence-electron chi connectivity index (χ2n) is 5.72. The first-order chi connectivity index (χ1) is 11.0. The van der Waals surface area contributed by atoms with Crippen molar-refractivity contribution in [3.63, 3.8) is 0 Å². The summed E-state index contributed by atoms with van der Waals surface area (Å²) in [4.78, 5) is 18.1. The highest BCUT2D eigenvalue weighted by Crippen LogP contribution is 2.44. The van der Waals surface area contributed by atoms with Crippen LogP contribution in [0.3, 0.4) is 0 Å². The molecule has 1 fully saturated rings. The third kappa shape index (κ3) is 3.12. The number of anilines is 2. The summed E-state index contributed by atoms with van der Waals surface area (Å²) in [6.45, 7) is 0.667. The van der Waals surface area contributed by atoms with Gasteiger partial charge in [0.15, 0.2) is 0 Å². The van der Waals surface area contributed by atoms with Crippen LogP contribution in [0.4, 0.5) is 17.5 Å². The second-order valence-corrected chi connectivity index (χ2v) is 6.63. The number of rotatable bonds is 5. The monoisotopic (exact) mass is 377 g/mol. The molecule has 0 atom stereocenters. The van der Waals surface area contributed by atoms with Crippen molar-refractivity contribution in [1.29, 1.82) is 0 Å². The van der Waals surface area contributed by atoms with Crippen LogP contribution >= 0.6 is 15.9 Å². The highest BCUT2D eigenvalue weighted by atomic mass is 79.9. The Morgan fingerprint density at radius 2 is 2.22 bits per heavy atom. The lowest BCUT2D eigenvalue weighted by Gasteiger charge is -2.42. The summed E-state index contributed by atoms with van der Waals surface area (Å²) in [6, 6.07) is 8.28. The lowest BCUT2D eigenvalue weighted by atomic mass is 9.64. The molecular weight excluding hydrogens is 362 g/mol. The first kappa shape index (κ1) is 15.7. The maximum absolute atomic E-state index is 10.7. The first-order valence-electron chi connectivity index (χ1n) is 7.27. The molecule has 120 valence electrons. The molecule has 0 amide bonds. The summed E-state index contributed by atoms with van der Waals surface area (Å²) in [7, 11) is 0. The largest absolute Gasteiger partial charge is 0.378 e. The molecule has 8 heteroatoms. The molecule has 1 aromatic carbocycles. The highest BCUT2D eigenvalue weighted by molar-refractivity contribution is 9.10. The molecule has 0 aliphatic heterocycles. The molecule has 7 nitrogen and oxygen atoms in total. The van der Waals surface area contributed by atoms with Crippen LogP contribution < -0.4 is 11.1 Å². The maximum Gasteiger partial charge on any atom is 0.329 e. The number of nitrogens with one attached hydrogen (secondary N) is 1. The average Bonchev–Trinajstić information content (AvgIpc) is 2.46. The van der Waals surface area contributed by atoms with Gasteiger partial charge in [-0.05, 0) is 30.5 Å². The van der Waals surface area contributed by atoms with Gasteiger partial charge in [0.2, 0.25) is 11.8 Å². The van der Waals surface area contributed by atoms with Gasteiger partial charge in [0.25, 0.3) is 0 Å². The fourth-order valence-electron chi connectivity index (χ4n) is 2.85. The van der Waals surface area contributed by atoms with Gasteiger partial charge in [0.1, 0.15) is 6.20 Å². The molecular formula is C15H16BrN5O2. The molecule has 0 saturated heterocycles. The van der Waals surface area contributed by atoms with E-state index in [1.807, 2.05) is 12.1 Å². The van der Waals surface area contributed by atoms with Gasteiger partial charge in [-0.1, -0.05) is 34.5 Å². The van der Waals surface area contributed by atoms with Crippen LogP contribution in [-0.2, 0) is 5.41 Å². The number of aromatic nitrogens is 2. The van der Waals surface area contributed by atoms with Gasteiger partial charge >= 0.3 is 5.69 Å². The van der Waals surface area contributed by atoms with E-state index in [1.165, 1.54) is 12.0 Å². The van der Waals surface area contributed by atoms with Crippen molar-refractivity contribution in [3.05, 3.63) is 50.6 Å². The number of nitro groups is 1. The number of hydrogen-bond donors (Lipinski definition) is 2. The van der Waals surface area contributed by atoms with Crippen molar-refractivity contribution in [1.82, 2.24) is 9.97 Å².